The highest BCUT2D eigenvalue weighted by Gasteiger charge is 2.18. The third-order valence-corrected chi connectivity index (χ3v) is 0.996. The lowest BCUT2D eigenvalue weighted by molar-refractivity contribution is -0.145. The van der Waals surface area contributed by atoms with Gasteiger partial charge in [0.25, 0.3) is 0 Å². The zero-order chi connectivity index (χ0) is 8.85. The van der Waals surface area contributed by atoms with Crippen molar-refractivity contribution in [3.63, 3.8) is 0 Å². The van der Waals surface area contributed by atoms with Crippen molar-refractivity contribution in [3.05, 3.63) is 12.8 Å². The van der Waals surface area contributed by atoms with E-state index in [-0.39, 0.29) is 0 Å². The Hall–Kier alpha value is -1.52. The van der Waals surface area contributed by atoms with Crippen molar-refractivity contribution in [1.82, 2.24) is 5.32 Å². The van der Waals surface area contributed by atoms with Crippen LogP contribution in [-0.2, 0) is 9.59 Å². The Labute approximate surface area is 63.3 Å². The molecule has 0 saturated carbocycles. The summed E-state index contributed by atoms with van der Waals surface area (Å²) in [5.41, 5.74) is 0. The standard InChI is InChI=1S/C6H9NO4/c1-2-7-4(6(10)11)3-5(8)9/h2,4,7H,1,3H2,(H,8,9)(H,10,11)/t4-/m0/s1. The van der Waals surface area contributed by atoms with Gasteiger partial charge in [0.15, 0.2) is 0 Å². The summed E-state index contributed by atoms with van der Waals surface area (Å²) < 4.78 is 0. The SMILES string of the molecule is C=CN[C@@H](CC(=O)O)C(=O)O. The Morgan fingerprint density at radius 2 is 2.09 bits per heavy atom. The first-order chi connectivity index (χ1) is 5.07. The van der Waals surface area contributed by atoms with Crippen LogP contribution in [0.3, 0.4) is 0 Å². The lowest BCUT2D eigenvalue weighted by Crippen LogP contribution is -2.35. The minimum absolute atomic E-state index is 0.457. The van der Waals surface area contributed by atoms with E-state index in [2.05, 4.69) is 11.9 Å². The average Bonchev–Trinajstić information content (AvgIpc) is 1.86. The molecule has 0 bridgehead atoms. The van der Waals surface area contributed by atoms with Crippen molar-refractivity contribution < 1.29 is 19.8 Å². The molecular formula is C6H9NO4. The minimum atomic E-state index is -1.20. The molecule has 0 unspecified atom stereocenters. The second kappa shape index (κ2) is 4.32. The van der Waals surface area contributed by atoms with Crippen LogP contribution in [-0.4, -0.2) is 28.2 Å². The molecule has 0 aromatic rings. The first-order valence-electron chi connectivity index (χ1n) is 2.89. The van der Waals surface area contributed by atoms with Gasteiger partial charge in [-0.3, -0.25) is 4.79 Å². The van der Waals surface area contributed by atoms with Crippen LogP contribution in [0.4, 0.5) is 0 Å². The molecule has 0 aliphatic heterocycles. The Bertz CT molecular complexity index is 177. The van der Waals surface area contributed by atoms with Gasteiger partial charge in [-0.05, 0) is 6.20 Å². The number of carbonyl (C=O) groups is 2. The predicted molar refractivity (Wildman–Crippen MR) is 37.0 cm³/mol. The number of carboxylic acid groups (broad SMARTS) is 2. The molecule has 0 fully saturated rings. The number of hydrogen-bond donors (Lipinski definition) is 3. The van der Waals surface area contributed by atoms with E-state index < -0.39 is 24.4 Å². The Morgan fingerprint density at radius 1 is 1.55 bits per heavy atom. The van der Waals surface area contributed by atoms with Crippen molar-refractivity contribution in [2.45, 2.75) is 12.5 Å². The van der Waals surface area contributed by atoms with E-state index in [4.69, 9.17) is 10.2 Å². The van der Waals surface area contributed by atoms with Crippen molar-refractivity contribution in [2.75, 3.05) is 0 Å². The summed E-state index contributed by atoms with van der Waals surface area (Å²) in [6.07, 6.45) is 0.697. The van der Waals surface area contributed by atoms with E-state index in [9.17, 15) is 9.59 Å². The summed E-state index contributed by atoms with van der Waals surface area (Å²) in [6.45, 7) is 3.22. The quantitative estimate of drug-likeness (QED) is 0.510. The molecule has 62 valence electrons. The van der Waals surface area contributed by atoms with Crippen molar-refractivity contribution in [1.29, 1.82) is 0 Å². The van der Waals surface area contributed by atoms with Crippen LogP contribution in [0.1, 0.15) is 6.42 Å². The van der Waals surface area contributed by atoms with Crippen LogP contribution in [0.15, 0.2) is 12.8 Å². The van der Waals surface area contributed by atoms with E-state index in [1.54, 1.807) is 0 Å². The molecule has 0 spiro atoms. The fourth-order valence-corrected chi connectivity index (χ4v) is 0.534. The van der Waals surface area contributed by atoms with E-state index in [0.717, 1.165) is 6.20 Å². The summed E-state index contributed by atoms with van der Waals surface area (Å²) in [5, 5.41) is 18.9. The first kappa shape index (κ1) is 9.48. The number of rotatable bonds is 5. The van der Waals surface area contributed by atoms with Crippen LogP contribution in [0.25, 0.3) is 0 Å². The van der Waals surface area contributed by atoms with Crippen molar-refractivity contribution in [3.8, 4) is 0 Å². The molecule has 0 rings (SSSR count). The number of aliphatic carboxylic acids is 2. The molecule has 1 atom stereocenters. The maximum Gasteiger partial charge on any atom is 0.326 e. The molecule has 0 saturated heterocycles. The lowest BCUT2D eigenvalue weighted by atomic mass is 10.2. The fourth-order valence-electron chi connectivity index (χ4n) is 0.534. The van der Waals surface area contributed by atoms with E-state index in [1.807, 2.05) is 0 Å². The maximum atomic E-state index is 10.3. The highest BCUT2D eigenvalue weighted by molar-refractivity contribution is 5.80. The van der Waals surface area contributed by atoms with Crippen LogP contribution in [0.2, 0.25) is 0 Å². The van der Waals surface area contributed by atoms with E-state index in [0.29, 0.717) is 0 Å². The monoisotopic (exact) mass is 159 g/mol. The molecule has 5 heteroatoms. The first-order valence-corrected chi connectivity index (χ1v) is 2.89. The molecule has 5 nitrogen and oxygen atoms in total. The second-order valence-electron chi connectivity index (χ2n) is 1.86. The van der Waals surface area contributed by atoms with Gasteiger partial charge in [-0.1, -0.05) is 6.58 Å². The van der Waals surface area contributed by atoms with Gasteiger partial charge in [0, 0.05) is 0 Å². The highest BCUT2D eigenvalue weighted by Crippen LogP contribution is 1.91. The highest BCUT2D eigenvalue weighted by atomic mass is 16.4. The predicted octanol–water partition coefficient (Wildman–Crippen LogP) is -0.353. The molecule has 0 aromatic heterocycles. The molecule has 11 heavy (non-hydrogen) atoms. The molecular weight excluding hydrogens is 150 g/mol. The topological polar surface area (TPSA) is 86.6 Å². The van der Waals surface area contributed by atoms with Gasteiger partial charge < -0.3 is 15.5 Å². The summed E-state index contributed by atoms with van der Waals surface area (Å²) in [6, 6.07) is -1.09. The second-order valence-corrected chi connectivity index (χ2v) is 1.86. The Balaban J connectivity index is 3.99. The maximum absolute atomic E-state index is 10.3. The smallest absolute Gasteiger partial charge is 0.326 e. The minimum Gasteiger partial charge on any atom is -0.481 e. The van der Waals surface area contributed by atoms with Crippen molar-refractivity contribution in [2.24, 2.45) is 0 Å². The van der Waals surface area contributed by atoms with E-state index >= 15 is 0 Å². The van der Waals surface area contributed by atoms with Gasteiger partial charge in [0.2, 0.25) is 0 Å². The van der Waals surface area contributed by atoms with Crippen LogP contribution in [0, 0.1) is 0 Å². The van der Waals surface area contributed by atoms with Gasteiger partial charge in [-0.15, -0.1) is 0 Å². The summed E-state index contributed by atoms with van der Waals surface area (Å²) in [4.78, 5) is 20.3. The molecule has 0 radical (unpaired) electrons. The molecule has 0 amide bonds. The lowest BCUT2D eigenvalue weighted by Gasteiger charge is -2.08. The molecule has 0 aliphatic carbocycles. The Morgan fingerprint density at radius 3 is 2.36 bits per heavy atom. The normalized spacial score (nSPS) is 11.6. The molecule has 0 aliphatic rings. The fraction of sp³-hybridized carbons (Fsp3) is 0.333. The largest absolute Gasteiger partial charge is 0.481 e. The van der Waals surface area contributed by atoms with Gasteiger partial charge in [0.05, 0.1) is 6.42 Å². The molecule has 3 N–H and O–H groups in total. The summed E-state index contributed by atoms with van der Waals surface area (Å²) in [5.74, 6) is -2.36. The van der Waals surface area contributed by atoms with Gasteiger partial charge >= 0.3 is 11.9 Å². The van der Waals surface area contributed by atoms with Crippen LogP contribution in [0.5, 0.6) is 0 Å². The molecule has 0 aromatic carbocycles. The van der Waals surface area contributed by atoms with Crippen LogP contribution >= 0.6 is 0 Å². The number of hydrogen-bond acceptors (Lipinski definition) is 3. The third kappa shape index (κ3) is 3.96. The zero-order valence-corrected chi connectivity index (χ0v) is 5.78. The summed E-state index contributed by atoms with van der Waals surface area (Å²) in [7, 11) is 0. The number of nitrogens with one attached hydrogen (secondary N) is 1. The Kier molecular flexibility index (Phi) is 3.72. The van der Waals surface area contributed by atoms with E-state index in [1.165, 1.54) is 0 Å². The summed E-state index contributed by atoms with van der Waals surface area (Å²) >= 11 is 0. The average molecular weight is 159 g/mol. The van der Waals surface area contributed by atoms with Gasteiger partial charge in [-0.25, -0.2) is 4.79 Å². The molecule has 0 heterocycles. The van der Waals surface area contributed by atoms with Gasteiger partial charge in [0.1, 0.15) is 6.04 Å². The number of carboxylic acids is 2. The zero-order valence-electron chi connectivity index (χ0n) is 5.78. The van der Waals surface area contributed by atoms with Crippen molar-refractivity contribution >= 4 is 11.9 Å². The third-order valence-electron chi connectivity index (χ3n) is 0.996. The van der Waals surface area contributed by atoms with Gasteiger partial charge in [-0.2, -0.15) is 0 Å². The van der Waals surface area contributed by atoms with Crippen LogP contribution < -0.4 is 5.32 Å².